The number of carbonyl (C=O) groups excluding carboxylic acids is 1. The molecule has 2 aliphatic carbocycles. The van der Waals surface area contributed by atoms with Gasteiger partial charge in [-0.05, 0) is 78.0 Å². The molecule has 1 aliphatic heterocycles. The smallest absolute Gasteiger partial charge is 0.308 e. The summed E-state index contributed by atoms with van der Waals surface area (Å²) in [7, 11) is -4.15. The molecule has 3 aliphatic rings. The molecule has 1 aromatic carbocycles. The highest BCUT2D eigenvalue weighted by molar-refractivity contribution is 6.74. The summed E-state index contributed by atoms with van der Waals surface area (Å²) >= 11 is 0. The Kier molecular flexibility index (Phi) is 10.9. The summed E-state index contributed by atoms with van der Waals surface area (Å²) in [5.41, 5.74) is 2.39. The third kappa shape index (κ3) is 8.14. The van der Waals surface area contributed by atoms with Crippen LogP contribution in [0.1, 0.15) is 92.7 Å². The first-order valence-electron chi connectivity index (χ1n) is 17.4. The van der Waals surface area contributed by atoms with E-state index >= 15 is 0 Å². The quantitative estimate of drug-likeness (QED) is 0.212. The second-order valence-corrected chi connectivity index (χ2v) is 26.9. The zero-order chi connectivity index (χ0) is 33.5. The SMILES string of the molecule is C[C@H]1C=CC2=C[C@H](C)[C@@H]([C@@H](O[Si](C)(C)C(C)(C)C)c3ccccc3)[C@H](O)[C@@H]2[C@H]1CC[C@@H]1C[C@@H](O[Si](C)(C)C(C)(C)C)CC(=O)O1. The molecular weight excluding hydrogens is 593 g/mol. The Hall–Kier alpha value is -1.52. The van der Waals surface area contributed by atoms with E-state index in [2.05, 4.69) is 130 Å². The van der Waals surface area contributed by atoms with Crippen molar-refractivity contribution in [2.45, 2.75) is 142 Å². The number of hydrogen-bond donors (Lipinski definition) is 1. The van der Waals surface area contributed by atoms with Crippen molar-refractivity contribution in [3.8, 4) is 0 Å². The number of fused-ring (bicyclic) bond motifs is 1. The minimum Gasteiger partial charge on any atom is -0.462 e. The topological polar surface area (TPSA) is 65.0 Å². The number of carbonyl (C=O) groups is 1. The van der Waals surface area contributed by atoms with Gasteiger partial charge in [-0.15, -0.1) is 0 Å². The van der Waals surface area contributed by atoms with Gasteiger partial charge in [0.2, 0.25) is 0 Å². The Morgan fingerprint density at radius 3 is 2.16 bits per heavy atom. The van der Waals surface area contributed by atoms with Crippen molar-refractivity contribution in [1.82, 2.24) is 0 Å². The van der Waals surface area contributed by atoms with Gasteiger partial charge in [0, 0.05) is 18.3 Å². The largest absolute Gasteiger partial charge is 0.462 e. The lowest BCUT2D eigenvalue weighted by molar-refractivity contribution is -0.160. The third-order valence-electron chi connectivity index (χ3n) is 12.0. The molecule has 4 rings (SSSR count). The second kappa shape index (κ2) is 13.5. The molecule has 7 heteroatoms. The Labute approximate surface area is 276 Å². The van der Waals surface area contributed by atoms with Crippen LogP contribution in [0, 0.1) is 29.6 Å². The van der Waals surface area contributed by atoms with Crippen LogP contribution in [0.2, 0.25) is 36.3 Å². The maximum Gasteiger partial charge on any atom is 0.308 e. The molecule has 1 fully saturated rings. The lowest BCUT2D eigenvalue weighted by Gasteiger charge is -2.50. The van der Waals surface area contributed by atoms with Crippen molar-refractivity contribution in [2.75, 3.05) is 0 Å². The molecule has 9 atom stereocenters. The number of cyclic esters (lactones) is 1. The van der Waals surface area contributed by atoms with E-state index in [1.807, 2.05) is 0 Å². The summed E-state index contributed by atoms with van der Waals surface area (Å²) in [5, 5.41) is 12.6. The van der Waals surface area contributed by atoms with Crippen molar-refractivity contribution in [3.63, 3.8) is 0 Å². The van der Waals surface area contributed by atoms with Crippen molar-refractivity contribution >= 4 is 22.6 Å². The first-order chi connectivity index (χ1) is 20.7. The first-order valence-corrected chi connectivity index (χ1v) is 23.2. The van der Waals surface area contributed by atoms with E-state index < -0.39 is 22.7 Å². The summed E-state index contributed by atoms with van der Waals surface area (Å²) in [5.74, 6) is 0.520. The second-order valence-electron chi connectivity index (χ2n) is 17.3. The fourth-order valence-electron chi connectivity index (χ4n) is 7.16. The monoisotopic (exact) mass is 654 g/mol. The van der Waals surface area contributed by atoms with Gasteiger partial charge in [-0.3, -0.25) is 4.79 Å². The van der Waals surface area contributed by atoms with E-state index in [-0.39, 0.29) is 58.0 Å². The van der Waals surface area contributed by atoms with Gasteiger partial charge in [0.15, 0.2) is 16.6 Å². The average molecular weight is 655 g/mol. The Balaban J connectivity index is 1.57. The molecule has 1 aromatic rings. The fraction of sp³-hybridized carbons (Fsp3) is 0.711. The van der Waals surface area contributed by atoms with Gasteiger partial charge in [0.25, 0.3) is 0 Å². The zero-order valence-electron chi connectivity index (χ0n) is 30.2. The molecular formula is C38H62O5Si2. The Morgan fingerprint density at radius 1 is 0.933 bits per heavy atom. The predicted molar refractivity (Wildman–Crippen MR) is 190 cm³/mol. The van der Waals surface area contributed by atoms with Crippen molar-refractivity contribution in [3.05, 3.63) is 59.7 Å². The molecule has 0 aromatic heterocycles. The molecule has 1 N–H and O–H groups in total. The summed E-state index contributed by atoms with van der Waals surface area (Å²) in [6, 6.07) is 10.5. The molecule has 1 heterocycles. The predicted octanol–water partition coefficient (Wildman–Crippen LogP) is 9.62. The summed E-state index contributed by atoms with van der Waals surface area (Å²) in [4.78, 5) is 12.7. The van der Waals surface area contributed by atoms with Gasteiger partial charge < -0.3 is 18.7 Å². The van der Waals surface area contributed by atoms with Crippen LogP contribution in [0.5, 0.6) is 0 Å². The highest BCUT2D eigenvalue weighted by Gasteiger charge is 2.50. The first kappa shape index (κ1) is 36.3. The van der Waals surface area contributed by atoms with Gasteiger partial charge in [-0.1, -0.05) is 104 Å². The van der Waals surface area contributed by atoms with Crippen molar-refractivity contribution in [2.24, 2.45) is 29.6 Å². The number of ether oxygens (including phenoxy) is 1. The highest BCUT2D eigenvalue weighted by atomic mass is 28.4. The molecule has 5 nitrogen and oxygen atoms in total. The van der Waals surface area contributed by atoms with E-state index in [0.29, 0.717) is 12.3 Å². The van der Waals surface area contributed by atoms with E-state index in [1.165, 1.54) is 5.57 Å². The molecule has 0 unspecified atom stereocenters. The maximum absolute atomic E-state index is 12.7. The standard InChI is InChI=1S/C38H62O5Si2/c1-25-18-19-28-22-26(2)33(36(27-16-14-13-15-17-27)43-45(11,12)38(6,7)8)35(40)34(28)31(25)21-20-29-23-30(24-32(39)41-29)42-44(9,10)37(3,4)5/h13-19,22,25-26,29-31,33-36,40H,20-21,23-24H2,1-12H3/t25-,26-,29+,30+,31-,33+,34-,35-,36-/m0/s1. The van der Waals surface area contributed by atoms with E-state index in [0.717, 1.165) is 24.8 Å². The van der Waals surface area contributed by atoms with Crippen LogP contribution in [-0.2, 0) is 18.4 Å². The van der Waals surface area contributed by atoms with Crippen LogP contribution >= 0.6 is 0 Å². The van der Waals surface area contributed by atoms with Crippen LogP contribution in [0.4, 0.5) is 0 Å². The molecule has 0 amide bonds. The van der Waals surface area contributed by atoms with E-state index in [4.69, 9.17) is 13.6 Å². The van der Waals surface area contributed by atoms with Gasteiger partial charge in [-0.25, -0.2) is 0 Å². The van der Waals surface area contributed by atoms with Crippen LogP contribution in [0.3, 0.4) is 0 Å². The van der Waals surface area contributed by atoms with E-state index in [1.54, 1.807) is 0 Å². The van der Waals surface area contributed by atoms with Crippen LogP contribution in [0.25, 0.3) is 0 Å². The summed E-state index contributed by atoms with van der Waals surface area (Å²) < 4.78 is 19.8. The van der Waals surface area contributed by atoms with Crippen LogP contribution < -0.4 is 0 Å². The number of aliphatic hydroxyl groups is 1. The molecule has 252 valence electrons. The fourth-order valence-corrected chi connectivity index (χ4v) is 9.81. The zero-order valence-corrected chi connectivity index (χ0v) is 32.2. The number of esters is 1. The van der Waals surface area contributed by atoms with Gasteiger partial charge >= 0.3 is 5.97 Å². The number of aliphatic hydroxyl groups excluding tert-OH is 1. The summed E-state index contributed by atoms with van der Waals surface area (Å²) in [6.45, 7) is 27.2. The van der Waals surface area contributed by atoms with Crippen molar-refractivity contribution < 1.29 is 23.5 Å². The number of allylic oxidation sites excluding steroid dienone is 3. The van der Waals surface area contributed by atoms with Crippen LogP contribution in [-0.4, -0.2) is 46.0 Å². The maximum atomic E-state index is 12.7. The lowest BCUT2D eigenvalue weighted by atomic mass is 9.61. The minimum atomic E-state index is -2.15. The number of rotatable bonds is 9. The van der Waals surface area contributed by atoms with Crippen molar-refractivity contribution in [1.29, 1.82) is 0 Å². The Morgan fingerprint density at radius 2 is 1.56 bits per heavy atom. The highest BCUT2D eigenvalue weighted by Crippen LogP contribution is 2.51. The van der Waals surface area contributed by atoms with Crippen LogP contribution in [0.15, 0.2) is 54.1 Å². The molecule has 1 saturated heterocycles. The normalized spacial score (nSPS) is 32.0. The molecule has 0 radical (unpaired) electrons. The number of benzene rings is 1. The number of hydrogen-bond acceptors (Lipinski definition) is 5. The average Bonchev–Trinajstić information content (AvgIpc) is 2.90. The molecule has 0 spiro atoms. The minimum absolute atomic E-state index is 0.0130. The summed E-state index contributed by atoms with van der Waals surface area (Å²) in [6.07, 6.45) is 8.74. The van der Waals surface area contributed by atoms with Gasteiger partial charge in [-0.2, -0.15) is 0 Å². The Bertz CT molecular complexity index is 1220. The lowest BCUT2D eigenvalue weighted by Crippen LogP contribution is -2.50. The van der Waals surface area contributed by atoms with Gasteiger partial charge in [0.1, 0.15) is 6.10 Å². The van der Waals surface area contributed by atoms with E-state index in [9.17, 15) is 9.90 Å². The van der Waals surface area contributed by atoms with Gasteiger partial charge in [0.05, 0.1) is 24.7 Å². The molecule has 0 saturated carbocycles. The molecule has 0 bridgehead atoms. The third-order valence-corrected chi connectivity index (χ3v) is 20.9. The molecule has 45 heavy (non-hydrogen) atoms.